The van der Waals surface area contributed by atoms with Gasteiger partial charge in [-0.2, -0.15) is 5.10 Å². The van der Waals surface area contributed by atoms with Crippen LogP contribution in [-0.4, -0.2) is 59.0 Å². The SMILES string of the molecule is COc1ccc(Cn2cc3nc(-c4cccc(OCCCN(C)C)c4)nc(Cl)c3n2)cc1. The Balaban J connectivity index is 1.53. The summed E-state index contributed by atoms with van der Waals surface area (Å²) in [5.41, 5.74) is 3.23. The summed E-state index contributed by atoms with van der Waals surface area (Å²) in [7, 11) is 5.76. The van der Waals surface area contributed by atoms with Gasteiger partial charge in [-0.25, -0.2) is 9.97 Å². The zero-order chi connectivity index (χ0) is 22.5. The summed E-state index contributed by atoms with van der Waals surface area (Å²) in [4.78, 5) is 11.3. The molecule has 7 nitrogen and oxygen atoms in total. The van der Waals surface area contributed by atoms with Gasteiger partial charge in [-0.05, 0) is 50.3 Å². The first kappa shape index (κ1) is 22.0. The van der Waals surface area contributed by atoms with Crippen molar-refractivity contribution in [1.29, 1.82) is 0 Å². The van der Waals surface area contributed by atoms with Gasteiger partial charge in [0.25, 0.3) is 0 Å². The van der Waals surface area contributed by atoms with Crippen LogP contribution in [-0.2, 0) is 6.54 Å². The molecule has 2 heterocycles. The molecule has 0 spiro atoms. The number of hydrogen-bond donors (Lipinski definition) is 0. The maximum absolute atomic E-state index is 6.46. The minimum atomic E-state index is 0.329. The molecule has 0 aliphatic heterocycles. The van der Waals surface area contributed by atoms with Crippen molar-refractivity contribution < 1.29 is 9.47 Å². The van der Waals surface area contributed by atoms with Crippen molar-refractivity contribution in [2.24, 2.45) is 0 Å². The fraction of sp³-hybridized carbons (Fsp3) is 0.292. The van der Waals surface area contributed by atoms with Crippen LogP contribution >= 0.6 is 11.6 Å². The largest absolute Gasteiger partial charge is 0.497 e. The van der Waals surface area contributed by atoms with Crippen LogP contribution in [0.2, 0.25) is 5.15 Å². The highest BCUT2D eigenvalue weighted by atomic mass is 35.5. The predicted molar refractivity (Wildman–Crippen MR) is 127 cm³/mol. The van der Waals surface area contributed by atoms with Gasteiger partial charge in [-0.15, -0.1) is 0 Å². The number of methoxy groups -OCH3 is 1. The zero-order valence-electron chi connectivity index (χ0n) is 18.5. The summed E-state index contributed by atoms with van der Waals surface area (Å²) in [6.07, 6.45) is 2.84. The third-order valence-corrected chi connectivity index (χ3v) is 5.25. The van der Waals surface area contributed by atoms with E-state index in [0.29, 0.717) is 35.2 Å². The van der Waals surface area contributed by atoms with E-state index in [0.717, 1.165) is 35.6 Å². The molecule has 0 atom stereocenters. The van der Waals surface area contributed by atoms with Crippen molar-refractivity contribution >= 4 is 22.6 Å². The summed E-state index contributed by atoms with van der Waals surface area (Å²) in [5.74, 6) is 2.16. The fourth-order valence-electron chi connectivity index (χ4n) is 3.35. The maximum atomic E-state index is 6.46. The highest BCUT2D eigenvalue weighted by Gasteiger charge is 2.13. The Morgan fingerprint density at radius 2 is 1.84 bits per heavy atom. The summed E-state index contributed by atoms with van der Waals surface area (Å²) in [6, 6.07) is 15.6. The lowest BCUT2D eigenvalue weighted by molar-refractivity contribution is 0.281. The minimum Gasteiger partial charge on any atom is -0.497 e. The smallest absolute Gasteiger partial charge is 0.161 e. The molecule has 0 radical (unpaired) electrons. The minimum absolute atomic E-state index is 0.329. The molecule has 0 amide bonds. The maximum Gasteiger partial charge on any atom is 0.161 e. The topological polar surface area (TPSA) is 65.3 Å². The predicted octanol–water partition coefficient (Wildman–Crippen LogP) is 4.53. The van der Waals surface area contributed by atoms with Crippen molar-refractivity contribution in [3.63, 3.8) is 0 Å². The Morgan fingerprint density at radius 3 is 2.59 bits per heavy atom. The van der Waals surface area contributed by atoms with E-state index in [1.54, 1.807) is 7.11 Å². The van der Waals surface area contributed by atoms with Crippen LogP contribution in [0.15, 0.2) is 54.7 Å². The van der Waals surface area contributed by atoms with E-state index in [2.05, 4.69) is 29.1 Å². The molecule has 0 saturated heterocycles. The highest BCUT2D eigenvalue weighted by molar-refractivity contribution is 6.33. The van der Waals surface area contributed by atoms with Crippen molar-refractivity contribution in [2.45, 2.75) is 13.0 Å². The van der Waals surface area contributed by atoms with Crippen LogP contribution in [0.3, 0.4) is 0 Å². The molecule has 4 rings (SSSR count). The first-order valence-electron chi connectivity index (χ1n) is 10.4. The van der Waals surface area contributed by atoms with E-state index in [-0.39, 0.29) is 0 Å². The van der Waals surface area contributed by atoms with Gasteiger partial charge in [0.15, 0.2) is 11.0 Å². The number of hydrogen-bond acceptors (Lipinski definition) is 6. The van der Waals surface area contributed by atoms with Crippen LogP contribution < -0.4 is 9.47 Å². The van der Waals surface area contributed by atoms with Crippen LogP contribution in [0.25, 0.3) is 22.4 Å². The summed E-state index contributed by atoms with van der Waals surface area (Å²) < 4.78 is 12.9. The molecule has 0 N–H and O–H groups in total. The number of aromatic nitrogens is 4. The Bertz CT molecular complexity index is 1190. The molecule has 0 aliphatic carbocycles. The fourth-order valence-corrected chi connectivity index (χ4v) is 3.56. The monoisotopic (exact) mass is 451 g/mol. The third-order valence-electron chi connectivity index (χ3n) is 4.98. The van der Waals surface area contributed by atoms with Gasteiger partial charge >= 0.3 is 0 Å². The van der Waals surface area contributed by atoms with Gasteiger partial charge in [0.05, 0.1) is 26.5 Å². The second-order valence-corrected chi connectivity index (χ2v) is 8.14. The van der Waals surface area contributed by atoms with Gasteiger partial charge < -0.3 is 14.4 Å². The molecular weight excluding hydrogens is 426 g/mol. The molecule has 8 heteroatoms. The molecule has 0 aliphatic rings. The van der Waals surface area contributed by atoms with E-state index in [9.17, 15) is 0 Å². The Morgan fingerprint density at radius 1 is 1.03 bits per heavy atom. The van der Waals surface area contributed by atoms with E-state index in [1.807, 2.05) is 59.4 Å². The lowest BCUT2D eigenvalue weighted by Gasteiger charge is -2.11. The standard InChI is InChI=1S/C24H26ClN5O2/c1-29(2)12-5-13-32-20-7-4-6-18(14-20)24-26-21-16-30(28-22(21)23(25)27-24)15-17-8-10-19(31-3)11-9-17/h4,6-11,14,16H,5,12-13,15H2,1-3H3. The molecule has 2 aromatic carbocycles. The third kappa shape index (κ3) is 5.36. The normalized spacial score (nSPS) is 11.3. The van der Waals surface area contributed by atoms with E-state index in [4.69, 9.17) is 26.1 Å². The van der Waals surface area contributed by atoms with Gasteiger partial charge in [-0.1, -0.05) is 35.9 Å². The van der Waals surface area contributed by atoms with E-state index < -0.39 is 0 Å². The van der Waals surface area contributed by atoms with Crippen molar-refractivity contribution in [1.82, 2.24) is 24.6 Å². The molecule has 166 valence electrons. The average molecular weight is 452 g/mol. The first-order valence-corrected chi connectivity index (χ1v) is 10.8. The van der Waals surface area contributed by atoms with Crippen LogP contribution in [0, 0.1) is 0 Å². The van der Waals surface area contributed by atoms with Gasteiger partial charge in [-0.3, -0.25) is 4.68 Å². The Labute approximate surface area is 192 Å². The van der Waals surface area contributed by atoms with Gasteiger partial charge in [0.1, 0.15) is 22.5 Å². The number of rotatable bonds is 9. The molecule has 0 unspecified atom stereocenters. The number of halogens is 1. The summed E-state index contributed by atoms with van der Waals surface area (Å²) in [6.45, 7) is 2.23. The lowest BCUT2D eigenvalue weighted by Crippen LogP contribution is -2.15. The summed E-state index contributed by atoms with van der Waals surface area (Å²) in [5, 5.41) is 4.90. The number of nitrogens with zero attached hydrogens (tertiary/aromatic N) is 5. The highest BCUT2D eigenvalue weighted by Crippen LogP contribution is 2.26. The zero-order valence-corrected chi connectivity index (χ0v) is 19.2. The van der Waals surface area contributed by atoms with E-state index in [1.165, 1.54) is 0 Å². The van der Waals surface area contributed by atoms with Crippen LogP contribution in [0.4, 0.5) is 0 Å². The summed E-state index contributed by atoms with van der Waals surface area (Å²) >= 11 is 6.46. The molecule has 4 aromatic rings. The number of ether oxygens (including phenoxy) is 2. The number of benzene rings is 2. The second-order valence-electron chi connectivity index (χ2n) is 7.78. The molecule has 0 fully saturated rings. The lowest BCUT2D eigenvalue weighted by atomic mass is 10.2. The van der Waals surface area contributed by atoms with Crippen LogP contribution in [0.5, 0.6) is 11.5 Å². The molecule has 2 aromatic heterocycles. The van der Waals surface area contributed by atoms with Crippen LogP contribution in [0.1, 0.15) is 12.0 Å². The van der Waals surface area contributed by atoms with Crippen molar-refractivity contribution in [3.05, 3.63) is 65.4 Å². The molecule has 0 saturated carbocycles. The molecule has 32 heavy (non-hydrogen) atoms. The molecule has 0 bridgehead atoms. The van der Waals surface area contributed by atoms with Crippen molar-refractivity contribution in [3.8, 4) is 22.9 Å². The van der Waals surface area contributed by atoms with Gasteiger partial charge in [0, 0.05) is 12.1 Å². The Kier molecular flexibility index (Phi) is 6.87. The first-order chi connectivity index (χ1) is 15.5. The Hall–Kier alpha value is -3.16. The van der Waals surface area contributed by atoms with E-state index >= 15 is 0 Å². The average Bonchev–Trinajstić information content (AvgIpc) is 3.20. The second kappa shape index (κ2) is 9.97. The van der Waals surface area contributed by atoms with Crippen molar-refractivity contribution in [2.75, 3.05) is 34.4 Å². The number of fused-ring (bicyclic) bond motifs is 1. The quantitative estimate of drug-likeness (QED) is 0.275. The van der Waals surface area contributed by atoms with Gasteiger partial charge in [0.2, 0.25) is 0 Å². The molecular formula is C24H26ClN5O2.